The first-order chi connectivity index (χ1) is 8.24. The Morgan fingerprint density at radius 1 is 1.18 bits per heavy atom. The molecule has 1 saturated carbocycles. The molecule has 0 aromatic carbocycles. The molecule has 1 rings (SSSR count). The highest BCUT2D eigenvalue weighted by atomic mass is 16.5. The average Bonchev–Trinajstić information content (AvgIpc) is 2.34. The second kappa shape index (κ2) is 8.90. The molecule has 1 aliphatic carbocycles. The van der Waals surface area contributed by atoms with Crippen LogP contribution in [0.3, 0.4) is 0 Å². The summed E-state index contributed by atoms with van der Waals surface area (Å²) in [4.78, 5) is 2.42. The van der Waals surface area contributed by atoms with Gasteiger partial charge < -0.3 is 9.84 Å². The van der Waals surface area contributed by atoms with Crippen LogP contribution in [-0.4, -0.2) is 49.0 Å². The molecule has 0 amide bonds. The van der Waals surface area contributed by atoms with Crippen LogP contribution in [0.5, 0.6) is 0 Å². The van der Waals surface area contributed by atoms with Gasteiger partial charge in [0.15, 0.2) is 0 Å². The normalized spacial score (nSPS) is 18.2. The smallest absolute Gasteiger partial charge is 0.0593 e. The molecule has 0 aromatic heterocycles. The van der Waals surface area contributed by atoms with E-state index in [1.54, 1.807) is 0 Å². The summed E-state index contributed by atoms with van der Waals surface area (Å²) in [6.45, 7) is 8.03. The molecule has 0 heterocycles. The lowest BCUT2D eigenvalue weighted by molar-refractivity contribution is 0.0555. The maximum Gasteiger partial charge on any atom is 0.0593 e. The lowest BCUT2D eigenvalue weighted by Crippen LogP contribution is -2.40. The zero-order valence-electron chi connectivity index (χ0n) is 11.5. The van der Waals surface area contributed by atoms with Crippen LogP contribution in [0, 0.1) is 5.92 Å². The molecule has 102 valence electrons. The number of aliphatic hydroxyl groups excluding tert-OH is 1. The Morgan fingerprint density at radius 3 is 2.47 bits per heavy atom. The van der Waals surface area contributed by atoms with Crippen LogP contribution < -0.4 is 0 Å². The number of hydrogen-bond donors (Lipinski definition) is 1. The molecular weight excluding hydrogens is 214 g/mol. The molecule has 0 spiro atoms. The van der Waals surface area contributed by atoms with E-state index in [0.717, 1.165) is 26.3 Å². The van der Waals surface area contributed by atoms with Crippen molar-refractivity contribution in [1.82, 2.24) is 4.90 Å². The van der Waals surface area contributed by atoms with Gasteiger partial charge in [-0.05, 0) is 18.8 Å². The maximum absolute atomic E-state index is 9.13. The molecule has 3 heteroatoms. The van der Waals surface area contributed by atoms with Gasteiger partial charge in [-0.3, -0.25) is 4.90 Å². The molecule has 1 N–H and O–H groups in total. The molecule has 17 heavy (non-hydrogen) atoms. The third-order valence-corrected chi connectivity index (χ3v) is 3.45. The van der Waals surface area contributed by atoms with E-state index < -0.39 is 0 Å². The number of ether oxygens (including phenoxy) is 1. The lowest BCUT2D eigenvalue weighted by atomic mass is 9.94. The summed E-state index contributed by atoms with van der Waals surface area (Å²) in [7, 11) is 0. The Hall–Kier alpha value is -0.120. The van der Waals surface area contributed by atoms with Crippen molar-refractivity contribution in [3.05, 3.63) is 0 Å². The predicted molar refractivity (Wildman–Crippen MR) is 71.2 cm³/mol. The van der Waals surface area contributed by atoms with Crippen LogP contribution in [0.25, 0.3) is 0 Å². The number of rotatable bonds is 8. The van der Waals surface area contributed by atoms with E-state index in [1.165, 1.54) is 32.1 Å². The maximum atomic E-state index is 9.13. The van der Waals surface area contributed by atoms with Gasteiger partial charge in [-0.25, -0.2) is 0 Å². The Bertz CT molecular complexity index is 179. The first-order valence-electron chi connectivity index (χ1n) is 7.16. The van der Waals surface area contributed by atoms with Crippen molar-refractivity contribution in [3.8, 4) is 0 Å². The van der Waals surface area contributed by atoms with E-state index in [0.29, 0.717) is 12.0 Å². The fourth-order valence-corrected chi connectivity index (χ4v) is 2.55. The van der Waals surface area contributed by atoms with Crippen molar-refractivity contribution in [2.24, 2.45) is 5.92 Å². The Balaban J connectivity index is 2.21. The van der Waals surface area contributed by atoms with Crippen molar-refractivity contribution in [3.63, 3.8) is 0 Å². The largest absolute Gasteiger partial charge is 0.395 e. The second-order valence-corrected chi connectivity index (χ2v) is 5.52. The Kier molecular flexibility index (Phi) is 7.82. The monoisotopic (exact) mass is 243 g/mol. The zero-order chi connectivity index (χ0) is 12.5. The van der Waals surface area contributed by atoms with Gasteiger partial charge in [-0.2, -0.15) is 0 Å². The van der Waals surface area contributed by atoms with Gasteiger partial charge in [0, 0.05) is 25.7 Å². The summed E-state index contributed by atoms with van der Waals surface area (Å²) >= 11 is 0. The summed E-state index contributed by atoms with van der Waals surface area (Å²) in [5.41, 5.74) is 0. The summed E-state index contributed by atoms with van der Waals surface area (Å²) < 4.78 is 5.64. The first-order valence-corrected chi connectivity index (χ1v) is 7.16. The van der Waals surface area contributed by atoms with E-state index in [1.807, 2.05) is 0 Å². The summed E-state index contributed by atoms with van der Waals surface area (Å²) in [5, 5.41) is 9.13. The van der Waals surface area contributed by atoms with Crippen LogP contribution in [0.4, 0.5) is 0 Å². The highest BCUT2D eigenvalue weighted by Crippen LogP contribution is 2.22. The average molecular weight is 243 g/mol. The number of hydrogen-bond acceptors (Lipinski definition) is 3. The minimum absolute atomic E-state index is 0.265. The molecule has 3 nitrogen and oxygen atoms in total. The van der Waals surface area contributed by atoms with Gasteiger partial charge >= 0.3 is 0 Å². The topological polar surface area (TPSA) is 32.7 Å². The minimum atomic E-state index is 0.265. The van der Waals surface area contributed by atoms with E-state index in [-0.39, 0.29) is 6.61 Å². The van der Waals surface area contributed by atoms with Crippen LogP contribution in [-0.2, 0) is 4.74 Å². The standard InChI is InChI=1S/C14H29NO2/c1-13(2)12-17-11-9-15(8-10-16)14-6-4-3-5-7-14/h13-14,16H,3-12H2,1-2H3. The third-order valence-electron chi connectivity index (χ3n) is 3.45. The predicted octanol–water partition coefficient (Wildman–Crippen LogP) is 2.29. The SMILES string of the molecule is CC(C)COCCN(CCO)C1CCCCC1. The lowest BCUT2D eigenvalue weighted by Gasteiger charge is -2.33. The third kappa shape index (κ3) is 6.39. The molecule has 0 atom stereocenters. The van der Waals surface area contributed by atoms with Crippen LogP contribution >= 0.6 is 0 Å². The van der Waals surface area contributed by atoms with E-state index in [4.69, 9.17) is 9.84 Å². The number of aliphatic hydroxyl groups is 1. The zero-order valence-corrected chi connectivity index (χ0v) is 11.5. The van der Waals surface area contributed by atoms with Gasteiger partial charge in [0.2, 0.25) is 0 Å². The molecule has 0 bridgehead atoms. The quantitative estimate of drug-likeness (QED) is 0.664. The molecule has 0 saturated heterocycles. The Morgan fingerprint density at radius 2 is 1.88 bits per heavy atom. The van der Waals surface area contributed by atoms with Gasteiger partial charge in [-0.1, -0.05) is 33.1 Å². The minimum Gasteiger partial charge on any atom is -0.395 e. The molecule has 0 unspecified atom stereocenters. The van der Waals surface area contributed by atoms with Gasteiger partial charge in [-0.15, -0.1) is 0 Å². The van der Waals surface area contributed by atoms with Crippen LogP contribution in [0.15, 0.2) is 0 Å². The summed E-state index contributed by atoms with van der Waals surface area (Å²) in [5.74, 6) is 0.607. The fraction of sp³-hybridized carbons (Fsp3) is 1.00. The molecular formula is C14H29NO2. The van der Waals surface area contributed by atoms with Gasteiger partial charge in [0.05, 0.1) is 13.2 Å². The van der Waals surface area contributed by atoms with E-state index in [2.05, 4.69) is 18.7 Å². The van der Waals surface area contributed by atoms with Crippen molar-refractivity contribution >= 4 is 0 Å². The van der Waals surface area contributed by atoms with E-state index in [9.17, 15) is 0 Å². The van der Waals surface area contributed by atoms with Crippen molar-refractivity contribution in [1.29, 1.82) is 0 Å². The van der Waals surface area contributed by atoms with Crippen LogP contribution in [0.1, 0.15) is 46.0 Å². The fourth-order valence-electron chi connectivity index (χ4n) is 2.55. The molecule has 0 radical (unpaired) electrons. The van der Waals surface area contributed by atoms with Crippen molar-refractivity contribution in [2.75, 3.05) is 32.9 Å². The highest BCUT2D eigenvalue weighted by Gasteiger charge is 2.20. The highest BCUT2D eigenvalue weighted by molar-refractivity contribution is 4.75. The first kappa shape index (κ1) is 14.9. The second-order valence-electron chi connectivity index (χ2n) is 5.52. The molecule has 0 aliphatic heterocycles. The molecule has 0 aromatic rings. The summed E-state index contributed by atoms with van der Waals surface area (Å²) in [6.07, 6.45) is 6.67. The summed E-state index contributed by atoms with van der Waals surface area (Å²) in [6, 6.07) is 0.679. The number of nitrogens with zero attached hydrogens (tertiary/aromatic N) is 1. The van der Waals surface area contributed by atoms with E-state index >= 15 is 0 Å². The van der Waals surface area contributed by atoms with Crippen molar-refractivity contribution < 1.29 is 9.84 Å². The Labute approximate surface area is 106 Å². The van der Waals surface area contributed by atoms with Gasteiger partial charge in [0.25, 0.3) is 0 Å². The van der Waals surface area contributed by atoms with Crippen LogP contribution in [0.2, 0.25) is 0 Å². The molecule has 1 aliphatic rings. The van der Waals surface area contributed by atoms with Crippen molar-refractivity contribution in [2.45, 2.75) is 52.0 Å². The molecule has 1 fully saturated rings. The van der Waals surface area contributed by atoms with Gasteiger partial charge in [0.1, 0.15) is 0 Å².